The molecule has 0 fully saturated rings. The smallest absolute Gasteiger partial charge is 0.335 e. The van der Waals surface area contributed by atoms with Crippen LogP contribution in [0.3, 0.4) is 0 Å². The lowest BCUT2D eigenvalue weighted by Crippen LogP contribution is -2.06. The van der Waals surface area contributed by atoms with E-state index >= 15 is 0 Å². The molecule has 2 aromatic heterocycles. The number of hydrogen-bond donors (Lipinski definition) is 2. The molecule has 0 unspecified atom stereocenters. The number of nitrogens with zero attached hydrogens (tertiary/aromatic N) is 3. The molecule has 0 saturated heterocycles. The molecule has 9 nitrogen and oxygen atoms in total. The predicted octanol–water partition coefficient (Wildman–Crippen LogP) is 3.73. The van der Waals surface area contributed by atoms with Crippen LogP contribution in [0.25, 0.3) is 16.9 Å². The monoisotopic (exact) mass is 434 g/mol. The van der Waals surface area contributed by atoms with Crippen LogP contribution in [0.4, 0.5) is 5.82 Å². The summed E-state index contributed by atoms with van der Waals surface area (Å²) in [6.45, 7) is 0.445. The zero-order valence-corrected chi connectivity index (χ0v) is 17.8. The molecule has 0 bridgehead atoms. The van der Waals surface area contributed by atoms with Gasteiger partial charge in [0.25, 0.3) is 0 Å². The van der Waals surface area contributed by atoms with Crippen LogP contribution in [-0.2, 0) is 6.54 Å². The van der Waals surface area contributed by atoms with Gasteiger partial charge < -0.3 is 24.6 Å². The van der Waals surface area contributed by atoms with Crippen molar-refractivity contribution in [2.45, 2.75) is 6.54 Å². The Morgan fingerprint density at radius 1 is 1.06 bits per heavy atom. The maximum Gasteiger partial charge on any atom is 0.335 e. The number of aromatic carboxylic acids is 1. The van der Waals surface area contributed by atoms with Gasteiger partial charge in [-0.25, -0.2) is 14.8 Å². The molecule has 0 saturated carbocycles. The van der Waals surface area contributed by atoms with Gasteiger partial charge >= 0.3 is 5.97 Å². The van der Waals surface area contributed by atoms with Gasteiger partial charge in [-0.05, 0) is 29.8 Å². The summed E-state index contributed by atoms with van der Waals surface area (Å²) in [4.78, 5) is 20.3. The summed E-state index contributed by atoms with van der Waals surface area (Å²) in [5.41, 5.74) is 3.20. The molecule has 0 aliphatic heterocycles. The molecule has 2 heterocycles. The number of carbonyl (C=O) groups is 1. The van der Waals surface area contributed by atoms with Gasteiger partial charge in [-0.15, -0.1) is 0 Å². The number of nitrogens with one attached hydrogen (secondary N) is 1. The zero-order valence-electron chi connectivity index (χ0n) is 17.8. The van der Waals surface area contributed by atoms with E-state index in [1.165, 1.54) is 0 Å². The van der Waals surface area contributed by atoms with Gasteiger partial charge in [0.2, 0.25) is 5.75 Å². The van der Waals surface area contributed by atoms with Crippen molar-refractivity contribution in [3.63, 3.8) is 0 Å². The second-order valence-electron chi connectivity index (χ2n) is 6.89. The number of anilines is 1. The topological polar surface area (TPSA) is 107 Å². The molecule has 9 heteroatoms. The first-order valence-corrected chi connectivity index (χ1v) is 9.74. The van der Waals surface area contributed by atoms with Crippen LogP contribution in [0.5, 0.6) is 17.2 Å². The summed E-state index contributed by atoms with van der Waals surface area (Å²) in [7, 11) is 4.70. The van der Waals surface area contributed by atoms with Crippen molar-refractivity contribution in [3.8, 4) is 28.5 Å². The minimum absolute atomic E-state index is 0.209. The molecule has 4 rings (SSSR count). The van der Waals surface area contributed by atoms with Crippen molar-refractivity contribution in [3.05, 3.63) is 66.1 Å². The van der Waals surface area contributed by atoms with E-state index in [4.69, 9.17) is 14.2 Å². The minimum Gasteiger partial charge on any atom is -0.493 e. The molecule has 0 radical (unpaired) electrons. The van der Waals surface area contributed by atoms with Gasteiger partial charge in [0.15, 0.2) is 23.0 Å². The third-order valence-corrected chi connectivity index (χ3v) is 5.02. The Balaban J connectivity index is 1.65. The third-order valence-electron chi connectivity index (χ3n) is 5.02. The number of rotatable bonds is 8. The number of fused-ring (bicyclic) bond motifs is 1. The lowest BCUT2D eigenvalue weighted by molar-refractivity contribution is 0.0697. The first kappa shape index (κ1) is 21.0. The van der Waals surface area contributed by atoms with E-state index in [-0.39, 0.29) is 5.56 Å². The van der Waals surface area contributed by atoms with E-state index in [9.17, 15) is 9.90 Å². The molecule has 0 aliphatic carbocycles. The highest BCUT2D eigenvalue weighted by molar-refractivity contribution is 5.89. The van der Waals surface area contributed by atoms with E-state index in [1.54, 1.807) is 51.9 Å². The molecule has 164 valence electrons. The summed E-state index contributed by atoms with van der Waals surface area (Å²) in [5, 5.41) is 12.6. The second kappa shape index (κ2) is 8.84. The second-order valence-corrected chi connectivity index (χ2v) is 6.89. The van der Waals surface area contributed by atoms with Crippen molar-refractivity contribution in [2.24, 2.45) is 0 Å². The highest BCUT2D eigenvalue weighted by Crippen LogP contribution is 2.38. The lowest BCUT2D eigenvalue weighted by Gasteiger charge is -2.15. The Bertz CT molecular complexity index is 1260. The van der Waals surface area contributed by atoms with Crippen LogP contribution >= 0.6 is 0 Å². The van der Waals surface area contributed by atoms with Crippen LogP contribution in [0.15, 0.2) is 55.0 Å². The normalized spacial score (nSPS) is 10.7. The molecule has 0 amide bonds. The number of hydrogen-bond acceptors (Lipinski definition) is 7. The molecule has 32 heavy (non-hydrogen) atoms. The van der Waals surface area contributed by atoms with E-state index < -0.39 is 5.97 Å². The van der Waals surface area contributed by atoms with E-state index in [0.29, 0.717) is 35.3 Å². The predicted molar refractivity (Wildman–Crippen MR) is 119 cm³/mol. The first-order valence-electron chi connectivity index (χ1n) is 9.74. The zero-order chi connectivity index (χ0) is 22.7. The Hall–Kier alpha value is -4.27. The summed E-state index contributed by atoms with van der Waals surface area (Å²) in [6.07, 6.45) is 5.17. The molecule has 0 spiro atoms. The molecular formula is C23H22N4O5. The average molecular weight is 434 g/mol. The van der Waals surface area contributed by atoms with Gasteiger partial charge in [0, 0.05) is 24.5 Å². The number of benzene rings is 2. The average Bonchev–Trinajstić information content (AvgIpc) is 3.32. The number of ether oxygens (including phenoxy) is 3. The van der Waals surface area contributed by atoms with Crippen molar-refractivity contribution < 1.29 is 24.1 Å². The summed E-state index contributed by atoms with van der Waals surface area (Å²) in [6, 6.07) is 10.4. The van der Waals surface area contributed by atoms with Crippen molar-refractivity contribution in [1.29, 1.82) is 0 Å². The lowest BCUT2D eigenvalue weighted by atomic mass is 10.1. The summed E-state index contributed by atoms with van der Waals surface area (Å²) < 4.78 is 18.1. The van der Waals surface area contributed by atoms with Crippen LogP contribution in [-0.4, -0.2) is 46.8 Å². The SMILES string of the molecule is COc1cc(CNc2ncc(-c3cccc(C(=O)O)c3)n3ccnc23)cc(OC)c1OC. The fourth-order valence-corrected chi connectivity index (χ4v) is 3.49. The number of methoxy groups -OCH3 is 3. The maximum absolute atomic E-state index is 11.3. The first-order chi connectivity index (χ1) is 15.5. The maximum atomic E-state index is 11.3. The fraction of sp³-hybridized carbons (Fsp3) is 0.174. The minimum atomic E-state index is -0.981. The summed E-state index contributed by atoms with van der Waals surface area (Å²) >= 11 is 0. The largest absolute Gasteiger partial charge is 0.493 e. The molecule has 0 aliphatic rings. The Kier molecular flexibility index (Phi) is 5.80. The number of aromatic nitrogens is 3. The Morgan fingerprint density at radius 2 is 1.81 bits per heavy atom. The van der Waals surface area contributed by atoms with Crippen LogP contribution in [0.1, 0.15) is 15.9 Å². The number of carboxylic acid groups (broad SMARTS) is 1. The Labute approximate surface area is 184 Å². The van der Waals surface area contributed by atoms with E-state index in [1.807, 2.05) is 28.8 Å². The number of carboxylic acids is 1. The van der Waals surface area contributed by atoms with Crippen molar-refractivity contribution in [1.82, 2.24) is 14.4 Å². The molecule has 4 aromatic rings. The quantitative estimate of drug-likeness (QED) is 0.432. The standard InChI is InChI=1S/C23H22N4O5/c1-30-18-9-14(10-19(31-2)20(18)32-3)12-25-21-22-24-7-8-27(22)17(13-26-21)15-5-4-6-16(11-15)23(28)29/h4-11,13H,12H2,1-3H3,(H,25,26)(H,28,29). The highest BCUT2D eigenvalue weighted by atomic mass is 16.5. The molecule has 2 aromatic carbocycles. The van der Waals surface area contributed by atoms with Crippen molar-refractivity contribution in [2.75, 3.05) is 26.6 Å². The molecular weight excluding hydrogens is 412 g/mol. The van der Waals surface area contributed by atoms with Crippen molar-refractivity contribution >= 4 is 17.4 Å². The van der Waals surface area contributed by atoms with Crippen LogP contribution in [0, 0.1) is 0 Å². The van der Waals surface area contributed by atoms with E-state index in [2.05, 4.69) is 15.3 Å². The third kappa shape index (κ3) is 3.87. The molecule has 2 N–H and O–H groups in total. The highest BCUT2D eigenvalue weighted by Gasteiger charge is 2.15. The van der Waals surface area contributed by atoms with Crippen LogP contribution in [0.2, 0.25) is 0 Å². The van der Waals surface area contributed by atoms with Gasteiger partial charge in [-0.3, -0.25) is 4.40 Å². The van der Waals surface area contributed by atoms with Gasteiger partial charge in [0.05, 0.1) is 38.8 Å². The molecule has 0 atom stereocenters. The summed E-state index contributed by atoms with van der Waals surface area (Å²) in [5.74, 6) is 1.26. The van der Waals surface area contributed by atoms with Gasteiger partial charge in [-0.2, -0.15) is 0 Å². The van der Waals surface area contributed by atoms with Crippen LogP contribution < -0.4 is 19.5 Å². The Morgan fingerprint density at radius 3 is 2.47 bits per heavy atom. The van der Waals surface area contributed by atoms with E-state index in [0.717, 1.165) is 16.8 Å². The van der Waals surface area contributed by atoms with Gasteiger partial charge in [-0.1, -0.05) is 12.1 Å². The van der Waals surface area contributed by atoms with Gasteiger partial charge in [0.1, 0.15) is 0 Å². The fourth-order valence-electron chi connectivity index (χ4n) is 3.49. The number of imidazole rings is 1.